The maximum absolute atomic E-state index is 14.0. The zero-order valence-corrected chi connectivity index (χ0v) is 23.2. The van der Waals surface area contributed by atoms with Crippen molar-refractivity contribution < 1.29 is 14.3 Å². The summed E-state index contributed by atoms with van der Waals surface area (Å²) in [6, 6.07) is 9.31. The van der Waals surface area contributed by atoms with E-state index in [-0.39, 0.29) is 29.8 Å². The zero-order chi connectivity index (χ0) is 26.6. The molecule has 2 aliphatic heterocycles. The summed E-state index contributed by atoms with van der Waals surface area (Å²) in [5.74, 6) is -0.0932. The molecule has 2 saturated heterocycles. The summed E-state index contributed by atoms with van der Waals surface area (Å²) < 4.78 is 5.55. The molecule has 2 amide bonds. The van der Waals surface area contributed by atoms with Crippen LogP contribution < -0.4 is 10.6 Å². The predicted molar refractivity (Wildman–Crippen MR) is 150 cm³/mol. The minimum atomic E-state index is -0.557. The topological polar surface area (TPSA) is 96.5 Å². The molecule has 2 aliphatic rings. The van der Waals surface area contributed by atoms with Gasteiger partial charge >= 0.3 is 0 Å². The lowest BCUT2D eigenvalue weighted by Gasteiger charge is -2.35. The summed E-state index contributed by atoms with van der Waals surface area (Å²) in [4.78, 5) is 38.7. The molecular weight excluding hydrogens is 498 g/mol. The predicted octanol–water partition coefficient (Wildman–Crippen LogP) is 4.10. The molecule has 5 rings (SSSR count). The molecule has 3 aromatic rings. The van der Waals surface area contributed by atoms with Gasteiger partial charge in [0, 0.05) is 41.8 Å². The number of ether oxygens (including phenoxy) is 1. The quantitative estimate of drug-likeness (QED) is 0.451. The number of rotatable bonds is 8. The highest BCUT2D eigenvalue weighted by molar-refractivity contribution is 7.10. The number of hydrogen-bond donors (Lipinski definition) is 2. The third kappa shape index (κ3) is 5.46. The molecular formula is C29H37N5O3S. The van der Waals surface area contributed by atoms with Gasteiger partial charge in [0.05, 0.1) is 23.3 Å². The van der Waals surface area contributed by atoms with Crippen molar-refractivity contribution in [3.8, 4) is 11.3 Å². The SMILES string of the molecule is CCc1cc(-c2csc([C@@H]3CCCN3C(=O)[C@@H](NC(=O)[C@H](C)NC)C3CCOCC3)n2)c2ccccc2n1. The van der Waals surface area contributed by atoms with Crippen LogP contribution in [0.5, 0.6) is 0 Å². The van der Waals surface area contributed by atoms with E-state index in [0.29, 0.717) is 19.8 Å². The molecule has 4 heterocycles. The largest absolute Gasteiger partial charge is 0.381 e. The van der Waals surface area contributed by atoms with Gasteiger partial charge < -0.3 is 20.3 Å². The summed E-state index contributed by atoms with van der Waals surface area (Å²) in [5.41, 5.74) is 4.02. The van der Waals surface area contributed by atoms with Crippen molar-refractivity contribution in [2.45, 2.75) is 64.1 Å². The van der Waals surface area contributed by atoms with Crippen LogP contribution in [0, 0.1) is 5.92 Å². The van der Waals surface area contributed by atoms with Crippen LogP contribution in [0.15, 0.2) is 35.7 Å². The van der Waals surface area contributed by atoms with Crippen molar-refractivity contribution in [1.29, 1.82) is 0 Å². The van der Waals surface area contributed by atoms with Crippen LogP contribution >= 0.6 is 11.3 Å². The number of carbonyl (C=O) groups excluding carboxylic acids is 2. The molecule has 38 heavy (non-hydrogen) atoms. The van der Waals surface area contributed by atoms with Gasteiger partial charge in [-0.2, -0.15) is 0 Å². The van der Waals surface area contributed by atoms with E-state index in [1.807, 2.05) is 30.0 Å². The van der Waals surface area contributed by atoms with Crippen LogP contribution in [0.1, 0.15) is 56.3 Å². The number of aryl methyl sites for hydroxylation is 1. The molecule has 0 unspecified atom stereocenters. The van der Waals surface area contributed by atoms with Gasteiger partial charge in [-0.1, -0.05) is 25.1 Å². The summed E-state index contributed by atoms with van der Waals surface area (Å²) in [6.45, 7) is 5.83. The molecule has 2 fully saturated rings. The first kappa shape index (κ1) is 26.7. The highest BCUT2D eigenvalue weighted by atomic mass is 32.1. The number of likely N-dealkylation sites (tertiary alicyclic amines) is 1. The van der Waals surface area contributed by atoms with Gasteiger partial charge in [0.15, 0.2) is 0 Å². The molecule has 0 aliphatic carbocycles. The van der Waals surface area contributed by atoms with Crippen molar-refractivity contribution in [1.82, 2.24) is 25.5 Å². The monoisotopic (exact) mass is 535 g/mol. The number of fused-ring (bicyclic) bond motifs is 1. The number of carbonyl (C=O) groups is 2. The Balaban J connectivity index is 1.42. The van der Waals surface area contributed by atoms with Gasteiger partial charge in [0.1, 0.15) is 11.0 Å². The Morgan fingerprint density at radius 3 is 2.74 bits per heavy atom. The van der Waals surface area contributed by atoms with Crippen molar-refractivity contribution >= 4 is 34.1 Å². The molecule has 0 spiro atoms. The number of para-hydroxylation sites is 1. The second-order valence-electron chi connectivity index (χ2n) is 10.2. The van der Waals surface area contributed by atoms with Crippen molar-refractivity contribution in [2.75, 3.05) is 26.8 Å². The summed E-state index contributed by atoms with van der Waals surface area (Å²) >= 11 is 1.61. The lowest BCUT2D eigenvalue weighted by Crippen LogP contribution is -2.56. The third-order valence-electron chi connectivity index (χ3n) is 7.88. The molecule has 0 radical (unpaired) electrons. The highest BCUT2D eigenvalue weighted by Gasteiger charge is 2.40. The van der Waals surface area contributed by atoms with E-state index in [1.54, 1.807) is 18.4 Å². The second kappa shape index (κ2) is 11.9. The number of nitrogens with one attached hydrogen (secondary N) is 2. The number of pyridine rings is 1. The number of thiazole rings is 1. The van der Waals surface area contributed by atoms with Gasteiger partial charge in [-0.3, -0.25) is 14.6 Å². The van der Waals surface area contributed by atoms with Crippen LogP contribution in [-0.2, 0) is 20.7 Å². The maximum atomic E-state index is 14.0. The van der Waals surface area contributed by atoms with E-state index in [0.717, 1.165) is 65.0 Å². The molecule has 2 N–H and O–H groups in total. The van der Waals surface area contributed by atoms with Crippen molar-refractivity contribution in [2.24, 2.45) is 5.92 Å². The Labute approximate surface area is 228 Å². The Morgan fingerprint density at radius 2 is 1.97 bits per heavy atom. The smallest absolute Gasteiger partial charge is 0.246 e. The van der Waals surface area contributed by atoms with Crippen LogP contribution in [0.3, 0.4) is 0 Å². The van der Waals surface area contributed by atoms with Gasteiger partial charge in [-0.15, -0.1) is 11.3 Å². The lowest BCUT2D eigenvalue weighted by molar-refractivity contribution is -0.140. The molecule has 1 aromatic carbocycles. The summed E-state index contributed by atoms with van der Waals surface area (Å²) in [7, 11) is 1.75. The first-order valence-corrected chi connectivity index (χ1v) is 14.6. The molecule has 202 valence electrons. The molecule has 9 heteroatoms. The Bertz CT molecular complexity index is 1290. The molecule has 0 saturated carbocycles. The average Bonchev–Trinajstić information content (AvgIpc) is 3.65. The van der Waals surface area contributed by atoms with E-state index < -0.39 is 6.04 Å². The Morgan fingerprint density at radius 1 is 1.18 bits per heavy atom. The standard InChI is InChI=1S/C29H37N5O3S/c1-4-20-16-22(21-8-5-6-9-23(21)31-20)24-17-38-28(32-24)25-10-7-13-34(25)29(36)26(19-11-14-37-15-12-19)33-27(35)18(2)30-3/h5-6,8-9,16-19,25-26,30H,4,7,10-15H2,1-3H3,(H,33,35)/t18-,25-,26-/m0/s1. The van der Waals surface area contributed by atoms with Crippen LogP contribution in [0.4, 0.5) is 0 Å². The van der Waals surface area contributed by atoms with Gasteiger partial charge in [-0.25, -0.2) is 4.98 Å². The van der Waals surface area contributed by atoms with E-state index >= 15 is 0 Å². The maximum Gasteiger partial charge on any atom is 0.246 e. The van der Waals surface area contributed by atoms with Crippen LogP contribution in [-0.4, -0.2) is 65.6 Å². The number of nitrogens with zero attached hydrogens (tertiary/aromatic N) is 3. The van der Waals surface area contributed by atoms with E-state index in [4.69, 9.17) is 14.7 Å². The van der Waals surface area contributed by atoms with E-state index in [2.05, 4.69) is 35.1 Å². The first-order valence-electron chi connectivity index (χ1n) is 13.7. The zero-order valence-electron chi connectivity index (χ0n) is 22.4. The second-order valence-corrected chi connectivity index (χ2v) is 11.1. The number of aromatic nitrogens is 2. The van der Waals surface area contributed by atoms with E-state index in [1.165, 1.54) is 0 Å². The van der Waals surface area contributed by atoms with Gasteiger partial charge in [-0.05, 0) is 64.1 Å². The molecule has 3 atom stereocenters. The first-order chi connectivity index (χ1) is 18.5. The minimum absolute atomic E-state index is 0.00423. The van der Waals surface area contributed by atoms with E-state index in [9.17, 15) is 9.59 Å². The fourth-order valence-corrected chi connectivity index (χ4v) is 6.46. The van der Waals surface area contributed by atoms with Crippen LogP contribution in [0.2, 0.25) is 0 Å². The van der Waals surface area contributed by atoms with Gasteiger partial charge in [0.2, 0.25) is 11.8 Å². The molecule has 0 bridgehead atoms. The van der Waals surface area contributed by atoms with Crippen molar-refractivity contribution in [3.63, 3.8) is 0 Å². The fourth-order valence-electron chi connectivity index (χ4n) is 5.49. The summed E-state index contributed by atoms with van der Waals surface area (Å²) in [6.07, 6.45) is 4.17. The number of amides is 2. The number of benzene rings is 1. The number of likely N-dealkylation sites (N-methyl/N-ethyl adjacent to an activating group) is 1. The Kier molecular flexibility index (Phi) is 8.35. The summed E-state index contributed by atoms with van der Waals surface area (Å²) in [5, 5.41) is 10.2. The molecule has 8 nitrogen and oxygen atoms in total. The van der Waals surface area contributed by atoms with Crippen LogP contribution in [0.25, 0.3) is 22.2 Å². The normalized spacial score (nSPS) is 20.0. The molecule has 2 aromatic heterocycles. The fraction of sp³-hybridized carbons (Fsp3) is 0.517. The minimum Gasteiger partial charge on any atom is -0.381 e. The van der Waals surface area contributed by atoms with Crippen molar-refractivity contribution in [3.05, 3.63) is 46.4 Å². The highest BCUT2D eigenvalue weighted by Crippen LogP contribution is 2.38. The Hall–Kier alpha value is -2.88. The lowest BCUT2D eigenvalue weighted by atomic mass is 9.90. The average molecular weight is 536 g/mol. The third-order valence-corrected chi connectivity index (χ3v) is 8.82. The van der Waals surface area contributed by atoms with Gasteiger partial charge in [0.25, 0.3) is 0 Å². The number of hydrogen-bond acceptors (Lipinski definition) is 7.